The highest BCUT2D eigenvalue weighted by Gasteiger charge is 2.35. The average Bonchev–Trinajstić information content (AvgIpc) is 3.12. The summed E-state index contributed by atoms with van der Waals surface area (Å²) < 4.78 is 6.20. The van der Waals surface area contributed by atoms with E-state index in [4.69, 9.17) is 39.5 Å². The number of hydrogen-bond donors (Lipinski definition) is 0. The largest absolute Gasteiger partial charge is 0.488 e. The molecule has 4 rings (SSSR count). The van der Waals surface area contributed by atoms with E-state index in [2.05, 4.69) is 18.7 Å². The van der Waals surface area contributed by atoms with Gasteiger partial charge in [0.2, 0.25) is 0 Å². The molecule has 3 aromatic carbocycles. The predicted molar refractivity (Wildman–Crippen MR) is 154 cm³/mol. The van der Waals surface area contributed by atoms with E-state index in [-0.39, 0.29) is 24.3 Å². The molecule has 0 aliphatic carbocycles. The second-order valence-corrected chi connectivity index (χ2v) is 10.6. The molecule has 9 heteroatoms. The number of hydrogen-bond acceptors (Lipinski definition) is 5. The quantitative estimate of drug-likeness (QED) is 0.240. The van der Waals surface area contributed by atoms with Crippen LogP contribution < -0.4 is 9.64 Å². The van der Waals surface area contributed by atoms with Gasteiger partial charge in [-0.3, -0.25) is 14.5 Å². The first-order valence-electron chi connectivity index (χ1n) is 11.7. The highest BCUT2D eigenvalue weighted by Crippen LogP contribution is 2.36. The Hall–Kier alpha value is -2.64. The van der Waals surface area contributed by atoms with E-state index in [9.17, 15) is 9.59 Å². The van der Waals surface area contributed by atoms with Crippen molar-refractivity contribution in [2.24, 2.45) is 0 Å². The minimum Gasteiger partial charge on any atom is -0.488 e. The fraction of sp³-hybridized carbons (Fsp3) is 0.214. The van der Waals surface area contributed by atoms with Crippen LogP contribution in [0.1, 0.15) is 30.5 Å². The van der Waals surface area contributed by atoms with Gasteiger partial charge in [-0.05, 0) is 73.6 Å². The Morgan fingerprint density at radius 3 is 2.41 bits per heavy atom. The summed E-state index contributed by atoms with van der Waals surface area (Å²) in [5.41, 5.74) is 3.25. The molecule has 0 N–H and O–H groups in total. The fourth-order valence-electron chi connectivity index (χ4n) is 3.94. The van der Waals surface area contributed by atoms with Gasteiger partial charge >= 0.3 is 0 Å². The maximum atomic E-state index is 13.1. The predicted octanol–water partition coefficient (Wildman–Crippen LogP) is 8.31. The Labute approximate surface area is 235 Å². The summed E-state index contributed by atoms with van der Waals surface area (Å²) in [6.07, 6.45) is 1.70. The van der Waals surface area contributed by atoms with E-state index in [1.807, 2.05) is 30.3 Å². The third kappa shape index (κ3) is 6.63. The summed E-state index contributed by atoms with van der Waals surface area (Å²) in [6.45, 7) is 6.21. The third-order valence-electron chi connectivity index (χ3n) is 5.91. The topological polar surface area (TPSA) is 49.9 Å². The van der Waals surface area contributed by atoms with Crippen molar-refractivity contribution in [3.63, 3.8) is 0 Å². The van der Waals surface area contributed by atoms with Gasteiger partial charge < -0.3 is 9.64 Å². The van der Waals surface area contributed by atoms with Crippen molar-refractivity contribution >= 4 is 69.5 Å². The van der Waals surface area contributed by atoms with Gasteiger partial charge in [0.25, 0.3) is 11.1 Å². The molecule has 0 atom stereocenters. The third-order valence-corrected chi connectivity index (χ3v) is 7.64. The SMILES string of the molecule is CCN(CC)c1ccc(/C=C2\SC(=O)N(Cc3cccc(Cl)c3)C2=O)c(OCc2ccc(Cl)cc2Cl)c1. The normalized spacial score (nSPS) is 14.5. The number of anilines is 1. The Morgan fingerprint density at radius 1 is 0.946 bits per heavy atom. The van der Waals surface area contributed by atoms with Crippen molar-refractivity contribution in [2.75, 3.05) is 18.0 Å². The number of carbonyl (C=O) groups is 2. The lowest BCUT2D eigenvalue weighted by Crippen LogP contribution is -2.27. The Balaban J connectivity index is 1.63. The standard InChI is InChI=1S/C28H25Cl3N2O3S/c1-3-32(4-2)23-11-9-19(25(15-23)36-17-20-8-10-22(30)14-24(20)31)13-26-27(34)33(28(35)37-26)16-18-6-5-7-21(29)12-18/h5-15H,3-4,16-17H2,1-2H3/b26-13-. The smallest absolute Gasteiger partial charge is 0.293 e. The van der Waals surface area contributed by atoms with Crippen LogP contribution in [0, 0.1) is 0 Å². The summed E-state index contributed by atoms with van der Waals surface area (Å²) in [6, 6.07) is 18.2. The zero-order valence-electron chi connectivity index (χ0n) is 20.3. The molecule has 192 valence electrons. The maximum Gasteiger partial charge on any atom is 0.293 e. The highest BCUT2D eigenvalue weighted by molar-refractivity contribution is 8.18. The van der Waals surface area contributed by atoms with E-state index in [1.165, 1.54) is 4.90 Å². The molecule has 5 nitrogen and oxygen atoms in total. The molecule has 2 amide bonds. The second kappa shape index (κ2) is 12.3. The average molecular weight is 576 g/mol. The van der Waals surface area contributed by atoms with Gasteiger partial charge in [-0.15, -0.1) is 0 Å². The monoisotopic (exact) mass is 574 g/mol. The van der Waals surface area contributed by atoms with Crippen LogP contribution in [0.5, 0.6) is 5.75 Å². The molecule has 1 aliphatic heterocycles. The first-order valence-corrected chi connectivity index (χ1v) is 13.7. The number of thioether (sulfide) groups is 1. The maximum absolute atomic E-state index is 13.1. The number of ether oxygens (including phenoxy) is 1. The van der Waals surface area contributed by atoms with Crippen molar-refractivity contribution in [1.29, 1.82) is 0 Å². The Morgan fingerprint density at radius 2 is 1.70 bits per heavy atom. The van der Waals surface area contributed by atoms with Crippen LogP contribution in [0.3, 0.4) is 0 Å². The van der Waals surface area contributed by atoms with Gasteiger partial charge in [-0.2, -0.15) is 0 Å². The van der Waals surface area contributed by atoms with E-state index in [0.717, 1.165) is 41.7 Å². The molecule has 0 spiro atoms. The fourth-order valence-corrected chi connectivity index (χ4v) is 5.45. The molecule has 0 aromatic heterocycles. The molecular weight excluding hydrogens is 551 g/mol. The van der Waals surface area contributed by atoms with Crippen molar-refractivity contribution in [3.05, 3.63) is 97.3 Å². The van der Waals surface area contributed by atoms with Crippen LogP contribution in [0.25, 0.3) is 6.08 Å². The van der Waals surface area contributed by atoms with Crippen LogP contribution in [0.2, 0.25) is 15.1 Å². The van der Waals surface area contributed by atoms with Crippen LogP contribution in [-0.2, 0) is 17.9 Å². The number of benzene rings is 3. The number of imide groups is 1. The first kappa shape index (κ1) is 27.4. The summed E-state index contributed by atoms with van der Waals surface area (Å²) in [4.78, 5) is 29.6. The van der Waals surface area contributed by atoms with Crippen molar-refractivity contribution in [2.45, 2.75) is 27.0 Å². The molecular formula is C28H25Cl3N2O3S. The number of carbonyl (C=O) groups excluding carboxylic acids is 2. The number of halogens is 3. The number of nitrogens with zero attached hydrogens (tertiary/aromatic N) is 2. The second-order valence-electron chi connectivity index (χ2n) is 8.32. The molecule has 0 bridgehead atoms. The zero-order valence-corrected chi connectivity index (χ0v) is 23.4. The lowest BCUT2D eigenvalue weighted by molar-refractivity contribution is -0.123. The molecule has 1 saturated heterocycles. The lowest BCUT2D eigenvalue weighted by atomic mass is 10.1. The van der Waals surface area contributed by atoms with Crippen molar-refractivity contribution < 1.29 is 14.3 Å². The minimum absolute atomic E-state index is 0.155. The number of rotatable bonds is 9. The van der Waals surface area contributed by atoms with E-state index in [0.29, 0.717) is 31.3 Å². The van der Waals surface area contributed by atoms with Gasteiger partial charge in [0.1, 0.15) is 12.4 Å². The summed E-state index contributed by atoms with van der Waals surface area (Å²) >= 11 is 19.3. The highest BCUT2D eigenvalue weighted by atomic mass is 35.5. The molecule has 1 heterocycles. The van der Waals surface area contributed by atoms with Gasteiger partial charge in [0, 0.05) is 51.0 Å². The van der Waals surface area contributed by atoms with Crippen LogP contribution in [0.4, 0.5) is 10.5 Å². The van der Waals surface area contributed by atoms with Crippen LogP contribution in [-0.4, -0.2) is 29.1 Å². The first-order chi connectivity index (χ1) is 17.8. The van der Waals surface area contributed by atoms with Crippen molar-refractivity contribution in [1.82, 2.24) is 4.90 Å². The Kier molecular flexibility index (Phi) is 9.08. The summed E-state index contributed by atoms with van der Waals surface area (Å²) in [7, 11) is 0. The van der Waals surface area contributed by atoms with Crippen LogP contribution in [0.15, 0.2) is 65.6 Å². The Bertz CT molecular complexity index is 1360. The molecule has 37 heavy (non-hydrogen) atoms. The minimum atomic E-state index is -0.352. The molecule has 0 unspecified atom stereocenters. The van der Waals surface area contributed by atoms with Crippen molar-refractivity contribution in [3.8, 4) is 5.75 Å². The molecule has 3 aromatic rings. The number of amides is 2. The van der Waals surface area contributed by atoms with Gasteiger partial charge in [-0.1, -0.05) is 53.0 Å². The van der Waals surface area contributed by atoms with Crippen LogP contribution >= 0.6 is 46.6 Å². The van der Waals surface area contributed by atoms with E-state index >= 15 is 0 Å². The lowest BCUT2D eigenvalue weighted by Gasteiger charge is -2.22. The van der Waals surface area contributed by atoms with Gasteiger partial charge in [0.05, 0.1) is 11.4 Å². The molecule has 0 saturated carbocycles. The summed E-state index contributed by atoms with van der Waals surface area (Å²) in [5, 5.41) is 1.28. The molecule has 0 radical (unpaired) electrons. The zero-order chi connectivity index (χ0) is 26.5. The van der Waals surface area contributed by atoms with Gasteiger partial charge in [0.15, 0.2) is 0 Å². The summed E-state index contributed by atoms with van der Waals surface area (Å²) in [5.74, 6) is 0.228. The molecule has 1 fully saturated rings. The molecule has 1 aliphatic rings. The van der Waals surface area contributed by atoms with E-state index < -0.39 is 0 Å². The van der Waals surface area contributed by atoms with Gasteiger partial charge in [-0.25, -0.2) is 0 Å². The van der Waals surface area contributed by atoms with E-state index in [1.54, 1.807) is 36.4 Å².